The van der Waals surface area contributed by atoms with Gasteiger partial charge in [-0.3, -0.25) is 0 Å². The number of benzene rings is 1. The molecule has 1 heterocycles. The molecule has 0 radical (unpaired) electrons. The second-order valence-corrected chi connectivity index (χ2v) is 7.62. The fraction of sp³-hybridized carbons (Fsp3) is 0.556. The molecule has 2 aromatic rings. The van der Waals surface area contributed by atoms with Crippen LogP contribution in [0.5, 0.6) is 0 Å². The van der Waals surface area contributed by atoms with Crippen LogP contribution in [0.25, 0.3) is 11.4 Å². The lowest BCUT2D eigenvalue weighted by atomic mass is 9.96. The lowest BCUT2D eigenvalue weighted by Crippen LogP contribution is -2.35. The first-order valence-electron chi connectivity index (χ1n) is 8.29. The average Bonchev–Trinajstić information content (AvgIpc) is 2.98. The predicted molar refractivity (Wildman–Crippen MR) is 96.0 cm³/mol. The van der Waals surface area contributed by atoms with Crippen LogP contribution in [0.1, 0.15) is 33.1 Å². The van der Waals surface area contributed by atoms with Crippen molar-refractivity contribution in [2.45, 2.75) is 33.6 Å². The molecule has 24 heavy (non-hydrogen) atoms. The van der Waals surface area contributed by atoms with Gasteiger partial charge in [0.1, 0.15) is 0 Å². The second kappa shape index (κ2) is 8.60. The molecule has 0 amide bonds. The molecule has 0 aliphatic heterocycles. The fourth-order valence-corrected chi connectivity index (χ4v) is 2.78. The summed E-state index contributed by atoms with van der Waals surface area (Å²) in [7, 11) is 0. The predicted octanol–water partition coefficient (Wildman–Crippen LogP) is 3.66. The Balaban J connectivity index is 1.97. The molecule has 0 unspecified atom stereocenters. The standard InChI is InChI=1S/C18H26ClN3O2/c1-18(2,3)13-22(9-5-11-23)10-8-16-20-17(21-24-16)14-6-4-7-15(19)12-14/h4,6-7,12,23H,5,8-11,13H2,1-3H3. The van der Waals surface area contributed by atoms with Gasteiger partial charge in [-0.05, 0) is 24.0 Å². The Morgan fingerprint density at radius 3 is 2.71 bits per heavy atom. The number of aromatic nitrogens is 2. The van der Waals surface area contributed by atoms with E-state index in [9.17, 15) is 0 Å². The van der Waals surface area contributed by atoms with Crippen LogP contribution >= 0.6 is 11.6 Å². The van der Waals surface area contributed by atoms with E-state index in [1.54, 1.807) is 0 Å². The molecule has 6 heteroatoms. The molecular formula is C18H26ClN3O2. The van der Waals surface area contributed by atoms with Crippen LogP contribution in [0, 0.1) is 5.41 Å². The summed E-state index contributed by atoms with van der Waals surface area (Å²) in [5.74, 6) is 1.18. The molecule has 0 spiro atoms. The molecule has 1 aromatic heterocycles. The number of hydrogen-bond acceptors (Lipinski definition) is 5. The van der Waals surface area contributed by atoms with Gasteiger partial charge in [-0.2, -0.15) is 4.98 Å². The summed E-state index contributed by atoms with van der Waals surface area (Å²) in [6.45, 7) is 9.49. The topological polar surface area (TPSA) is 62.4 Å². The first-order valence-corrected chi connectivity index (χ1v) is 8.67. The highest BCUT2D eigenvalue weighted by Crippen LogP contribution is 2.20. The van der Waals surface area contributed by atoms with Gasteiger partial charge in [-0.15, -0.1) is 0 Å². The van der Waals surface area contributed by atoms with Crippen LogP contribution in [-0.4, -0.2) is 46.4 Å². The zero-order valence-electron chi connectivity index (χ0n) is 14.6. The van der Waals surface area contributed by atoms with Gasteiger partial charge in [0.15, 0.2) is 0 Å². The molecule has 1 aromatic carbocycles. The minimum atomic E-state index is 0.205. The minimum absolute atomic E-state index is 0.205. The molecule has 0 saturated carbocycles. The number of rotatable bonds is 8. The van der Waals surface area contributed by atoms with Crippen LogP contribution in [-0.2, 0) is 6.42 Å². The van der Waals surface area contributed by atoms with E-state index in [1.165, 1.54) is 0 Å². The largest absolute Gasteiger partial charge is 0.396 e. The molecule has 0 aliphatic rings. The Morgan fingerprint density at radius 1 is 1.25 bits per heavy atom. The van der Waals surface area contributed by atoms with E-state index in [1.807, 2.05) is 24.3 Å². The maximum atomic E-state index is 9.07. The number of aliphatic hydroxyl groups is 1. The van der Waals surface area contributed by atoms with E-state index in [0.29, 0.717) is 23.2 Å². The Morgan fingerprint density at radius 2 is 2.04 bits per heavy atom. The summed E-state index contributed by atoms with van der Waals surface area (Å²) in [6, 6.07) is 7.42. The minimum Gasteiger partial charge on any atom is -0.396 e. The summed E-state index contributed by atoms with van der Waals surface area (Å²) in [5, 5.41) is 13.8. The molecule has 132 valence electrons. The van der Waals surface area contributed by atoms with Crippen molar-refractivity contribution in [2.75, 3.05) is 26.2 Å². The van der Waals surface area contributed by atoms with Crippen molar-refractivity contribution in [3.63, 3.8) is 0 Å². The number of nitrogens with zero attached hydrogens (tertiary/aromatic N) is 3. The molecule has 0 atom stereocenters. The Bertz CT molecular complexity index is 637. The highest BCUT2D eigenvalue weighted by atomic mass is 35.5. The van der Waals surface area contributed by atoms with Gasteiger partial charge in [-0.1, -0.05) is 49.7 Å². The first kappa shape index (κ1) is 18.9. The quantitative estimate of drug-likeness (QED) is 0.786. The van der Waals surface area contributed by atoms with E-state index < -0.39 is 0 Å². The third-order valence-corrected chi connectivity index (χ3v) is 3.76. The van der Waals surface area contributed by atoms with Gasteiger partial charge in [0.05, 0.1) is 0 Å². The fourth-order valence-electron chi connectivity index (χ4n) is 2.59. The summed E-state index contributed by atoms with van der Waals surface area (Å²) in [5.41, 5.74) is 1.06. The zero-order chi connectivity index (χ0) is 17.6. The highest BCUT2D eigenvalue weighted by molar-refractivity contribution is 6.30. The first-order chi connectivity index (χ1) is 11.4. The van der Waals surface area contributed by atoms with Gasteiger partial charge >= 0.3 is 0 Å². The molecule has 5 nitrogen and oxygen atoms in total. The smallest absolute Gasteiger partial charge is 0.228 e. The normalized spacial score (nSPS) is 12.1. The zero-order valence-corrected chi connectivity index (χ0v) is 15.4. The van der Waals surface area contributed by atoms with Crippen molar-refractivity contribution in [3.8, 4) is 11.4 Å². The van der Waals surface area contributed by atoms with Crippen LogP contribution in [0.15, 0.2) is 28.8 Å². The highest BCUT2D eigenvalue weighted by Gasteiger charge is 2.17. The Labute approximate surface area is 148 Å². The average molecular weight is 352 g/mol. The number of hydrogen-bond donors (Lipinski definition) is 1. The second-order valence-electron chi connectivity index (χ2n) is 7.19. The summed E-state index contributed by atoms with van der Waals surface area (Å²) < 4.78 is 5.36. The maximum Gasteiger partial charge on any atom is 0.228 e. The van der Waals surface area contributed by atoms with Crippen LogP contribution in [0.3, 0.4) is 0 Å². The maximum absolute atomic E-state index is 9.07. The number of halogens is 1. The molecule has 0 bridgehead atoms. The molecule has 1 N–H and O–H groups in total. The Kier molecular flexibility index (Phi) is 6.78. The van der Waals surface area contributed by atoms with Gasteiger partial charge < -0.3 is 14.5 Å². The lowest BCUT2D eigenvalue weighted by molar-refractivity contribution is 0.170. The van der Waals surface area contributed by atoms with Crippen molar-refractivity contribution in [2.24, 2.45) is 5.41 Å². The Hall–Kier alpha value is -1.43. The summed E-state index contributed by atoms with van der Waals surface area (Å²) >= 11 is 6.00. The number of aliphatic hydroxyl groups excluding tert-OH is 1. The lowest BCUT2D eigenvalue weighted by Gasteiger charge is -2.29. The molecule has 0 aliphatic carbocycles. The van der Waals surface area contributed by atoms with Gasteiger partial charge in [0, 0.05) is 43.2 Å². The SMILES string of the molecule is CC(C)(C)CN(CCCO)CCc1nc(-c2cccc(Cl)c2)no1. The van der Waals surface area contributed by atoms with Crippen molar-refractivity contribution in [3.05, 3.63) is 35.2 Å². The van der Waals surface area contributed by atoms with Crippen molar-refractivity contribution in [1.29, 1.82) is 0 Å². The van der Waals surface area contributed by atoms with Crippen molar-refractivity contribution in [1.82, 2.24) is 15.0 Å². The van der Waals surface area contributed by atoms with E-state index in [0.717, 1.165) is 31.6 Å². The molecule has 0 saturated heterocycles. The van der Waals surface area contributed by atoms with Gasteiger partial charge in [0.2, 0.25) is 11.7 Å². The van der Waals surface area contributed by atoms with Crippen molar-refractivity contribution < 1.29 is 9.63 Å². The summed E-state index contributed by atoms with van der Waals surface area (Å²) in [4.78, 5) is 6.79. The van der Waals surface area contributed by atoms with E-state index in [-0.39, 0.29) is 12.0 Å². The molecular weight excluding hydrogens is 326 g/mol. The third kappa shape index (κ3) is 6.23. The van der Waals surface area contributed by atoms with E-state index in [4.69, 9.17) is 21.2 Å². The van der Waals surface area contributed by atoms with Crippen LogP contribution in [0.4, 0.5) is 0 Å². The van der Waals surface area contributed by atoms with Crippen LogP contribution < -0.4 is 0 Å². The van der Waals surface area contributed by atoms with Gasteiger partial charge in [0.25, 0.3) is 0 Å². The van der Waals surface area contributed by atoms with Crippen molar-refractivity contribution >= 4 is 11.6 Å². The molecule has 2 rings (SSSR count). The van der Waals surface area contributed by atoms with Gasteiger partial charge in [-0.25, -0.2) is 0 Å². The van der Waals surface area contributed by atoms with E-state index in [2.05, 4.69) is 35.8 Å². The molecule has 0 fully saturated rings. The van der Waals surface area contributed by atoms with Crippen LogP contribution in [0.2, 0.25) is 5.02 Å². The third-order valence-electron chi connectivity index (χ3n) is 3.52. The van der Waals surface area contributed by atoms with E-state index >= 15 is 0 Å². The monoisotopic (exact) mass is 351 g/mol. The summed E-state index contributed by atoms with van der Waals surface area (Å²) in [6.07, 6.45) is 1.46.